The van der Waals surface area contributed by atoms with Crippen molar-refractivity contribution in [3.8, 4) is 0 Å². The largest absolute Gasteiger partial charge is 0.468 e. The first kappa shape index (κ1) is 15.3. The van der Waals surface area contributed by atoms with Gasteiger partial charge in [0.25, 0.3) is 0 Å². The number of rotatable bonds is 6. The highest BCUT2D eigenvalue weighted by Crippen LogP contribution is 2.41. The molecule has 120 valence electrons. The summed E-state index contributed by atoms with van der Waals surface area (Å²) >= 11 is 0. The number of ether oxygens (including phenoxy) is 1. The first-order valence-electron chi connectivity index (χ1n) is 8.76. The number of methoxy groups -OCH3 is 1. The molecule has 3 aliphatic rings. The maximum atomic E-state index is 12.5. The predicted octanol–water partition coefficient (Wildman–Crippen LogP) is 2.32. The third-order valence-corrected chi connectivity index (χ3v) is 5.86. The molecule has 2 saturated carbocycles. The van der Waals surface area contributed by atoms with Crippen molar-refractivity contribution in [1.29, 1.82) is 0 Å². The van der Waals surface area contributed by atoms with E-state index in [1.54, 1.807) is 0 Å². The highest BCUT2D eigenvalue weighted by atomic mass is 16.5. The van der Waals surface area contributed by atoms with Gasteiger partial charge in [0.1, 0.15) is 5.54 Å². The summed E-state index contributed by atoms with van der Waals surface area (Å²) in [5.41, 5.74) is -0.390. The van der Waals surface area contributed by atoms with Gasteiger partial charge in [-0.15, -0.1) is 0 Å². The van der Waals surface area contributed by atoms with Crippen molar-refractivity contribution in [2.75, 3.05) is 20.2 Å². The second kappa shape index (κ2) is 6.25. The van der Waals surface area contributed by atoms with Crippen LogP contribution in [0.5, 0.6) is 0 Å². The minimum absolute atomic E-state index is 0.0219. The number of hydrogen-bond donors (Lipinski definition) is 1. The van der Waals surface area contributed by atoms with E-state index in [0.717, 1.165) is 38.3 Å². The molecule has 0 bridgehead atoms. The monoisotopic (exact) mass is 294 g/mol. The van der Waals surface area contributed by atoms with E-state index in [1.807, 2.05) is 0 Å². The SMILES string of the molecule is COC(=O)C1(NC2CC2)CCCC1CCN1CCCC1C. The zero-order valence-corrected chi connectivity index (χ0v) is 13.6. The van der Waals surface area contributed by atoms with E-state index >= 15 is 0 Å². The zero-order chi connectivity index (χ0) is 14.9. The summed E-state index contributed by atoms with van der Waals surface area (Å²) in [6.45, 7) is 4.70. The Morgan fingerprint density at radius 2 is 2.10 bits per heavy atom. The van der Waals surface area contributed by atoms with Gasteiger partial charge in [0.15, 0.2) is 0 Å². The van der Waals surface area contributed by atoms with E-state index in [2.05, 4.69) is 17.1 Å². The number of esters is 1. The van der Waals surface area contributed by atoms with Crippen LogP contribution in [0.1, 0.15) is 58.3 Å². The molecule has 0 aromatic heterocycles. The normalized spacial score (nSPS) is 37.0. The van der Waals surface area contributed by atoms with Crippen LogP contribution in [-0.2, 0) is 9.53 Å². The van der Waals surface area contributed by atoms with Gasteiger partial charge >= 0.3 is 5.97 Å². The van der Waals surface area contributed by atoms with Gasteiger partial charge in [-0.1, -0.05) is 6.42 Å². The van der Waals surface area contributed by atoms with E-state index in [0.29, 0.717) is 12.0 Å². The molecule has 1 heterocycles. The molecule has 0 amide bonds. The highest BCUT2D eigenvalue weighted by Gasteiger charge is 2.51. The smallest absolute Gasteiger partial charge is 0.326 e. The Hall–Kier alpha value is -0.610. The summed E-state index contributed by atoms with van der Waals surface area (Å²) in [5, 5.41) is 3.66. The quantitative estimate of drug-likeness (QED) is 0.763. The number of nitrogens with zero attached hydrogens (tertiary/aromatic N) is 1. The second-order valence-corrected chi connectivity index (χ2v) is 7.29. The summed E-state index contributed by atoms with van der Waals surface area (Å²) in [7, 11) is 1.54. The summed E-state index contributed by atoms with van der Waals surface area (Å²) in [5.74, 6) is 0.421. The van der Waals surface area contributed by atoms with Gasteiger partial charge in [-0.2, -0.15) is 0 Å². The molecule has 2 aliphatic carbocycles. The zero-order valence-electron chi connectivity index (χ0n) is 13.6. The van der Waals surface area contributed by atoms with Gasteiger partial charge in [0.05, 0.1) is 7.11 Å². The number of nitrogens with one attached hydrogen (secondary N) is 1. The fourth-order valence-corrected chi connectivity index (χ4v) is 4.41. The third-order valence-electron chi connectivity index (χ3n) is 5.86. The van der Waals surface area contributed by atoms with Crippen molar-refractivity contribution in [2.45, 2.75) is 75.9 Å². The van der Waals surface area contributed by atoms with Crippen molar-refractivity contribution >= 4 is 5.97 Å². The van der Waals surface area contributed by atoms with Gasteiger partial charge in [0.2, 0.25) is 0 Å². The molecular weight excluding hydrogens is 264 g/mol. The average Bonchev–Trinajstić information content (AvgIpc) is 3.05. The lowest BCUT2D eigenvalue weighted by Crippen LogP contribution is -2.56. The van der Waals surface area contributed by atoms with Crippen LogP contribution in [-0.4, -0.2) is 48.7 Å². The molecule has 3 rings (SSSR count). The molecule has 21 heavy (non-hydrogen) atoms. The number of carbonyl (C=O) groups excluding carboxylic acids is 1. The van der Waals surface area contributed by atoms with Crippen LogP contribution in [0.25, 0.3) is 0 Å². The van der Waals surface area contributed by atoms with Gasteiger partial charge in [-0.3, -0.25) is 10.1 Å². The molecule has 0 spiro atoms. The summed E-state index contributed by atoms with van der Waals surface area (Å²) in [6, 6.07) is 1.27. The summed E-state index contributed by atoms with van der Waals surface area (Å²) in [4.78, 5) is 15.1. The average molecular weight is 294 g/mol. The van der Waals surface area contributed by atoms with Gasteiger partial charge in [-0.05, 0) is 70.9 Å². The minimum atomic E-state index is -0.390. The Kier molecular flexibility index (Phi) is 4.55. The Morgan fingerprint density at radius 3 is 2.71 bits per heavy atom. The van der Waals surface area contributed by atoms with Crippen LogP contribution in [0.15, 0.2) is 0 Å². The number of likely N-dealkylation sites (tertiary alicyclic amines) is 1. The maximum absolute atomic E-state index is 12.5. The summed E-state index contributed by atoms with van der Waals surface area (Å²) in [6.07, 6.45) is 9.48. The van der Waals surface area contributed by atoms with Gasteiger partial charge < -0.3 is 9.64 Å². The molecule has 1 aliphatic heterocycles. The molecule has 0 radical (unpaired) electrons. The van der Waals surface area contributed by atoms with E-state index in [-0.39, 0.29) is 5.97 Å². The van der Waals surface area contributed by atoms with Gasteiger partial charge in [-0.25, -0.2) is 0 Å². The fourth-order valence-electron chi connectivity index (χ4n) is 4.41. The molecule has 1 N–H and O–H groups in total. The molecule has 0 aromatic carbocycles. The first-order valence-corrected chi connectivity index (χ1v) is 8.76. The predicted molar refractivity (Wildman–Crippen MR) is 83.1 cm³/mol. The van der Waals surface area contributed by atoms with E-state index in [9.17, 15) is 4.79 Å². The highest BCUT2D eigenvalue weighted by molar-refractivity contribution is 5.81. The second-order valence-electron chi connectivity index (χ2n) is 7.29. The van der Waals surface area contributed by atoms with E-state index in [1.165, 1.54) is 39.3 Å². The topological polar surface area (TPSA) is 41.6 Å². The standard InChI is InChI=1S/C17H30N2O2/c1-13-5-4-11-19(13)12-9-14-6-3-10-17(14,16(20)21-2)18-15-7-8-15/h13-15,18H,3-12H2,1-2H3. The molecule has 1 saturated heterocycles. The molecule has 4 heteroatoms. The fraction of sp³-hybridized carbons (Fsp3) is 0.941. The maximum Gasteiger partial charge on any atom is 0.326 e. The third kappa shape index (κ3) is 3.11. The Bertz CT molecular complexity index is 383. The Morgan fingerprint density at radius 1 is 1.29 bits per heavy atom. The molecular formula is C17H30N2O2. The Balaban J connectivity index is 1.64. The van der Waals surface area contributed by atoms with Crippen LogP contribution in [0.3, 0.4) is 0 Å². The molecule has 3 atom stereocenters. The lowest BCUT2D eigenvalue weighted by Gasteiger charge is -2.35. The van der Waals surface area contributed by atoms with Crippen LogP contribution < -0.4 is 5.32 Å². The van der Waals surface area contributed by atoms with Crippen LogP contribution in [0.2, 0.25) is 0 Å². The molecule has 0 aromatic rings. The number of hydrogen-bond acceptors (Lipinski definition) is 4. The Labute approximate surface area is 128 Å². The molecule has 4 nitrogen and oxygen atoms in total. The lowest BCUT2D eigenvalue weighted by atomic mass is 9.84. The van der Waals surface area contributed by atoms with Crippen LogP contribution in [0, 0.1) is 5.92 Å². The van der Waals surface area contributed by atoms with Crippen molar-refractivity contribution < 1.29 is 9.53 Å². The van der Waals surface area contributed by atoms with Gasteiger partial charge in [0, 0.05) is 12.1 Å². The number of carbonyl (C=O) groups is 1. The van der Waals surface area contributed by atoms with E-state index < -0.39 is 5.54 Å². The van der Waals surface area contributed by atoms with Crippen molar-refractivity contribution in [3.63, 3.8) is 0 Å². The minimum Gasteiger partial charge on any atom is -0.468 e. The molecule has 3 fully saturated rings. The van der Waals surface area contributed by atoms with Crippen molar-refractivity contribution in [3.05, 3.63) is 0 Å². The van der Waals surface area contributed by atoms with Crippen LogP contribution >= 0.6 is 0 Å². The van der Waals surface area contributed by atoms with Crippen LogP contribution in [0.4, 0.5) is 0 Å². The van der Waals surface area contributed by atoms with Crippen molar-refractivity contribution in [1.82, 2.24) is 10.2 Å². The lowest BCUT2D eigenvalue weighted by molar-refractivity contribution is -0.150. The molecule has 3 unspecified atom stereocenters. The van der Waals surface area contributed by atoms with E-state index in [4.69, 9.17) is 4.74 Å². The van der Waals surface area contributed by atoms with Crippen molar-refractivity contribution in [2.24, 2.45) is 5.92 Å². The summed E-state index contributed by atoms with van der Waals surface area (Å²) < 4.78 is 5.17. The first-order chi connectivity index (χ1) is 10.2.